The summed E-state index contributed by atoms with van der Waals surface area (Å²) in [6.45, 7) is 1.72. The van der Waals surface area contributed by atoms with E-state index < -0.39 is 35.5 Å². The number of amides is 4. The summed E-state index contributed by atoms with van der Waals surface area (Å²) in [5.74, 6) is -1.49. The molecule has 1 aromatic carbocycles. The van der Waals surface area contributed by atoms with Crippen molar-refractivity contribution in [2.75, 3.05) is 18.4 Å². The number of nitrogens with one attached hydrogen (secondary N) is 2. The highest BCUT2D eigenvalue weighted by atomic mass is 16.3. The first-order chi connectivity index (χ1) is 18.7. The predicted octanol–water partition coefficient (Wildman–Crippen LogP) is 0.733. The highest BCUT2D eigenvalue weighted by Crippen LogP contribution is 2.34. The summed E-state index contributed by atoms with van der Waals surface area (Å²) < 4.78 is 1.93. The molecular weight excluding hydrogens is 502 g/mol. The van der Waals surface area contributed by atoms with Crippen molar-refractivity contribution in [3.63, 3.8) is 0 Å². The second-order valence-electron chi connectivity index (χ2n) is 11.0. The molecule has 3 fully saturated rings. The van der Waals surface area contributed by atoms with Crippen LogP contribution in [0.4, 0.5) is 5.69 Å². The molecule has 0 radical (unpaired) electrons. The molecule has 2 unspecified atom stereocenters. The van der Waals surface area contributed by atoms with Crippen LogP contribution in [0.15, 0.2) is 30.6 Å². The number of nitrogens with two attached hydrogens (primary N) is 1. The summed E-state index contributed by atoms with van der Waals surface area (Å²) in [5, 5.41) is 19.9. The van der Waals surface area contributed by atoms with Gasteiger partial charge < -0.3 is 26.4 Å². The van der Waals surface area contributed by atoms with Gasteiger partial charge in [-0.1, -0.05) is 6.07 Å². The number of likely N-dealkylation sites (tertiary alicyclic amines) is 1. The number of anilines is 1. The number of aromatic nitrogens is 2. The minimum Gasteiger partial charge on any atom is -0.380 e. The molecule has 0 bridgehead atoms. The number of carbonyl (C=O) groups excluding carboxylic acids is 4. The van der Waals surface area contributed by atoms with Gasteiger partial charge in [-0.3, -0.25) is 28.8 Å². The van der Waals surface area contributed by atoms with Crippen LogP contribution in [0.25, 0.3) is 0 Å². The van der Waals surface area contributed by atoms with E-state index in [1.807, 2.05) is 15.8 Å². The number of aliphatic hydroxyl groups is 1. The number of benzene rings is 1. The van der Waals surface area contributed by atoms with Crippen molar-refractivity contribution in [3.8, 4) is 0 Å². The molecular formula is C27H33N7O5. The van der Waals surface area contributed by atoms with E-state index in [1.165, 1.54) is 0 Å². The molecule has 3 aliphatic heterocycles. The molecule has 12 nitrogen and oxygen atoms in total. The molecule has 2 aromatic rings. The molecule has 2 saturated heterocycles. The van der Waals surface area contributed by atoms with Crippen LogP contribution in [0.2, 0.25) is 0 Å². The van der Waals surface area contributed by atoms with Gasteiger partial charge in [-0.15, -0.1) is 0 Å². The number of carbonyl (C=O) groups is 4. The van der Waals surface area contributed by atoms with E-state index in [9.17, 15) is 24.3 Å². The highest BCUT2D eigenvalue weighted by Gasteiger charge is 2.46. The number of aliphatic hydroxyl groups excluding tert-OH is 1. The van der Waals surface area contributed by atoms with Crippen LogP contribution in [0.1, 0.15) is 77.3 Å². The lowest BCUT2D eigenvalue weighted by molar-refractivity contribution is -0.141. The number of hydrogen-bond donors (Lipinski definition) is 4. The number of piperidine rings is 2. The molecule has 12 heteroatoms. The van der Waals surface area contributed by atoms with Crippen molar-refractivity contribution in [2.24, 2.45) is 5.73 Å². The maximum absolute atomic E-state index is 13.3. The van der Waals surface area contributed by atoms with Gasteiger partial charge >= 0.3 is 0 Å². The van der Waals surface area contributed by atoms with Gasteiger partial charge in [0, 0.05) is 37.1 Å². The molecule has 2 atom stereocenters. The van der Waals surface area contributed by atoms with Crippen molar-refractivity contribution < 1.29 is 24.3 Å². The monoisotopic (exact) mass is 535 g/mol. The van der Waals surface area contributed by atoms with E-state index >= 15 is 0 Å². The van der Waals surface area contributed by atoms with Crippen molar-refractivity contribution in [2.45, 2.75) is 75.3 Å². The third-order valence-corrected chi connectivity index (χ3v) is 8.52. The average Bonchev–Trinajstić information content (AvgIpc) is 3.49. The van der Waals surface area contributed by atoms with Crippen LogP contribution in [-0.4, -0.2) is 79.2 Å². The maximum Gasteiger partial charge on any atom is 0.264 e. The Morgan fingerprint density at radius 1 is 1.13 bits per heavy atom. The summed E-state index contributed by atoms with van der Waals surface area (Å²) in [6, 6.07) is 4.27. The van der Waals surface area contributed by atoms with Crippen LogP contribution in [0.5, 0.6) is 0 Å². The maximum atomic E-state index is 13.3. The van der Waals surface area contributed by atoms with Crippen LogP contribution < -0.4 is 16.4 Å². The summed E-state index contributed by atoms with van der Waals surface area (Å²) in [7, 11) is 0. The fraction of sp³-hybridized carbons (Fsp3) is 0.519. The predicted molar refractivity (Wildman–Crippen MR) is 139 cm³/mol. The topological polar surface area (TPSA) is 163 Å². The zero-order valence-electron chi connectivity index (χ0n) is 21.6. The van der Waals surface area contributed by atoms with Gasteiger partial charge in [0.25, 0.3) is 11.8 Å². The smallest absolute Gasteiger partial charge is 0.264 e. The number of hydrogen-bond acceptors (Lipinski definition) is 8. The molecule has 6 rings (SSSR count). The molecule has 206 valence electrons. The Bertz CT molecular complexity index is 1330. The Kier molecular flexibility index (Phi) is 6.38. The van der Waals surface area contributed by atoms with E-state index in [1.54, 1.807) is 24.4 Å². The first-order valence-electron chi connectivity index (χ1n) is 13.6. The van der Waals surface area contributed by atoms with Crippen LogP contribution in [0, 0.1) is 0 Å². The zero-order chi connectivity index (χ0) is 27.3. The minimum absolute atomic E-state index is 0.0706. The van der Waals surface area contributed by atoms with E-state index in [4.69, 9.17) is 5.73 Å². The van der Waals surface area contributed by atoms with Gasteiger partial charge in [0.05, 0.1) is 28.9 Å². The quantitative estimate of drug-likeness (QED) is 0.394. The standard InChI is InChI=1S/C27H33N7O5/c28-27(9-2-10-27)26(39)32-11-7-17(8-12-32)33-15-16(14-30-33)13-29-19-4-1-3-18-22(19)25(38)34(24(18)37)20-5-6-21(35)31-23(20)36/h1,3-4,14-15,17,20-21,29,35H,2,5-13,28H2,(H,31,36). The molecule has 0 spiro atoms. The van der Waals surface area contributed by atoms with E-state index in [0.29, 0.717) is 25.3 Å². The van der Waals surface area contributed by atoms with E-state index in [2.05, 4.69) is 15.7 Å². The molecule has 5 N–H and O–H groups in total. The number of fused-ring (bicyclic) bond motifs is 1. The van der Waals surface area contributed by atoms with Crippen molar-refractivity contribution in [3.05, 3.63) is 47.3 Å². The third kappa shape index (κ3) is 4.47. The Morgan fingerprint density at radius 2 is 1.90 bits per heavy atom. The Balaban J connectivity index is 1.09. The SMILES string of the molecule is NC1(C(=O)N2CCC(n3cc(CNc4cccc5c4C(=O)N(C4CCC(O)NC4=O)C5=O)cn3)CC2)CCC1. The number of rotatable bonds is 6. The Labute approximate surface area is 225 Å². The first kappa shape index (κ1) is 25.5. The van der Waals surface area contributed by atoms with Crippen molar-refractivity contribution >= 4 is 29.3 Å². The lowest BCUT2D eigenvalue weighted by Crippen LogP contribution is -2.60. The summed E-state index contributed by atoms with van der Waals surface area (Å²) in [4.78, 5) is 54.4. The summed E-state index contributed by atoms with van der Waals surface area (Å²) in [5.41, 5.74) is 7.49. The van der Waals surface area contributed by atoms with E-state index in [-0.39, 0.29) is 35.9 Å². The van der Waals surface area contributed by atoms with E-state index in [0.717, 1.165) is 42.6 Å². The third-order valence-electron chi connectivity index (χ3n) is 8.52. The lowest BCUT2D eigenvalue weighted by atomic mass is 9.76. The van der Waals surface area contributed by atoms with Crippen molar-refractivity contribution in [1.29, 1.82) is 0 Å². The zero-order valence-corrected chi connectivity index (χ0v) is 21.6. The second kappa shape index (κ2) is 9.76. The van der Waals surface area contributed by atoms with Crippen molar-refractivity contribution in [1.82, 2.24) is 24.9 Å². The molecule has 39 heavy (non-hydrogen) atoms. The minimum atomic E-state index is -0.970. The molecule has 4 aliphatic rings. The number of nitrogens with zero attached hydrogens (tertiary/aromatic N) is 4. The highest BCUT2D eigenvalue weighted by molar-refractivity contribution is 6.25. The normalized spacial score (nSPS) is 24.8. The molecule has 1 saturated carbocycles. The van der Waals surface area contributed by atoms with Gasteiger partial charge in [0.1, 0.15) is 12.3 Å². The summed E-state index contributed by atoms with van der Waals surface area (Å²) in [6.07, 6.45) is 7.40. The van der Waals surface area contributed by atoms with Crippen LogP contribution >= 0.6 is 0 Å². The Morgan fingerprint density at radius 3 is 2.59 bits per heavy atom. The number of imide groups is 1. The van der Waals surface area contributed by atoms with Gasteiger partial charge in [-0.25, -0.2) is 0 Å². The molecule has 4 amide bonds. The van der Waals surface area contributed by atoms with Gasteiger partial charge in [-0.2, -0.15) is 5.10 Å². The van der Waals surface area contributed by atoms with Gasteiger partial charge in [0.15, 0.2) is 0 Å². The fourth-order valence-electron chi connectivity index (χ4n) is 6.05. The largest absolute Gasteiger partial charge is 0.380 e. The fourth-order valence-corrected chi connectivity index (χ4v) is 6.05. The van der Waals surface area contributed by atoms with Crippen LogP contribution in [0.3, 0.4) is 0 Å². The van der Waals surface area contributed by atoms with Crippen LogP contribution in [-0.2, 0) is 16.1 Å². The average molecular weight is 536 g/mol. The van der Waals surface area contributed by atoms with Gasteiger partial charge in [-0.05, 0) is 57.1 Å². The van der Waals surface area contributed by atoms with Gasteiger partial charge in [0.2, 0.25) is 11.8 Å². The second-order valence-corrected chi connectivity index (χ2v) is 11.0. The molecule has 1 aliphatic carbocycles. The molecule has 1 aromatic heterocycles. The summed E-state index contributed by atoms with van der Waals surface area (Å²) >= 11 is 0. The molecule has 4 heterocycles. The Hall–Kier alpha value is -3.77. The lowest BCUT2D eigenvalue weighted by Gasteiger charge is -2.42. The first-order valence-corrected chi connectivity index (χ1v) is 13.6.